The van der Waals surface area contributed by atoms with Gasteiger partial charge in [0.2, 0.25) is 0 Å². The molecule has 2 heterocycles. The summed E-state index contributed by atoms with van der Waals surface area (Å²) in [5, 5.41) is 10.2. The van der Waals surface area contributed by atoms with Crippen LogP contribution in [0, 0.1) is 0 Å². The van der Waals surface area contributed by atoms with Crippen LogP contribution in [0.15, 0.2) is 35.6 Å². The summed E-state index contributed by atoms with van der Waals surface area (Å²) in [6, 6.07) is 8.48. The largest absolute Gasteiger partial charge is 0.372 e. The van der Waals surface area contributed by atoms with E-state index in [2.05, 4.69) is 58.2 Å². The predicted octanol–water partition coefficient (Wildman–Crippen LogP) is 4.01. The van der Waals surface area contributed by atoms with Gasteiger partial charge in [0.05, 0.1) is 11.9 Å². The summed E-state index contributed by atoms with van der Waals surface area (Å²) in [5.74, 6) is 2.46. The van der Waals surface area contributed by atoms with Crippen molar-refractivity contribution in [1.82, 2.24) is 24.3 Å². The zero-order chi connectivity index (χ0) is 18.7. The lowest BCUT2D eigenvalue weighted by Gasteiger charge is -2.21. The molecule has 0 aliphatic heterocycles. The van der Waals surface area contributed by atoms with Crippen LogP contribution in [-0.2, 0) is 19.8 Å². The van der Waals surface area contributed by atoms with Gasteiger partial charge < -0.3 is 14.0 Å². The highest BCUT2D eigenvalue weighted by Crippen LogP contribution is 2.27. The molecule has 0 bridgehead atoms. The minimum atomic E-state index is 0.632. The lowest BCUT2D eigenvalue weighted by atomic mass is 10.2. The maximum atomic E-state index is 6.04. The predicted molar refractivity (Wildman–Crippen MR) is 108 cm³/mol. The van der Waals surface area contributed by atoms with Crippen molar-refractivity contribution >= 4 is 29.1 Å². The van der Waals surface area contributed by atoms with E-state index in [0.717, 1.165) is 35.5 Å². The Bertz CT molecular complexity index is 866. The Morgan fingerprint density at radius 2 is 1.73 bits per heavy atom. The molecule has 0 spiro atoms. The molecule has 26 heavy (non-hydrogen) atoms. The number of halogens is 1. The third kappa shape index (κ3) is 3.73. The van der Waals surface area contributed by atoms with E-state index < -0.39 is 0 Å². The van der Waals surface area contributed by atoms with Crippen LogP contribution in [-0.4, -0.2) is 37.4 Å². The number of hydrogen-bond acceptors (Lipinski definition) is 5. The molecule has 0 radical (unpaired) electrons. The van der Waals surface area contributed by atoms with Crippen LogP contribution in [0.5, 0.6) is 0 Å². The van der Waals surface area contributed by atoms with Crippen molar-refractivity contribution in [2.45, 2.75) is 24.8 Å². The van der Waals surface area contributed by atoms with Gasteiger partial charge in [0, 0.05) is 38.4 Å². The molecular weight excluding hydrogens is 368 g/mol. The van der Waals surface area contributed by atoms with Gasteiger partial charge in [-0.05, 0) is 38.1 Å². The molecule has 0 fully saturated rings. The summed E-state index contributed by atoms with van der Waals surface area (Å²) in [7, 11) is 3.89. The van der Waals surface area contributed by atoms with Gasteiger partial charge in [0.25, 0.3) is 0 Å². The molecular formula is C18H23ClN6S. The molecule has 0 atom stereocenters. The topological polar surface area (TPSA) is 51.8 Å². The SMILES string of the molecule is CCN(CC)c1ccc(-c2nnc(SCc3ncc(Cl)n3C)n2C)cc1. The number of anilines is 1. The Morgan fingerprint density at radius 1 is 1.04 bits per heavy atom. The second-order valence-electron chi connectivity index (χ2n) is 5.93. The molecule has 2 aromatic heterocycles. The van der Waals surface area contributed by atoms with Gasteiger partial charge in [0.1, 0.15) is 11.0 Å². The summed E-state index contributed by atoms with van der Waals surface area (Å²) < 4.78 is 3.89. The number of nitrogens with zero attached hydrogens (tertiary/aromatic N) is 6. The fourth-order valence-corrected chi connectivity index (χ4v) is 3.84. The molecule has 0 amide bonds. The van der Waals surface area contributed by atoms with Crippen LogP contribution in [0.2, 0.25) is 5.15 Å². The van der Waals surface area contributed by atoms with Crippen molar-refractivity contribution in [2.24, 2.45) is 14.1 Å². The van der Waals surface area contributed by atoms with Gasteiger partial charge in [-0.25, -0.2) is 4.98 Å². The van der Waals surface area contributed by atoms with Crippen molar-refractivity contribution in [3.05, 3.63) is 41.4 Å². The Morgan fingerprint density at radius 3 is 2.31 bits per heavy atom. The number of rotatable bonds is 7. The maximum Gasteiger partial charge on any atom is 0.191 e. The standard InChI is InChI=1S/C18H23ClN6S/c1-5-25(6-2)14-9-7-13(8-10-14)17-21-22-18(24(17)4)26-12-16-20-11-15(19)23(16)3/h7-11H,5-6,12H2,1-4H3. The Hall–Kier alpha value is -1.99. The van der Waals surface area contributed by atoms with E-state index in [4.69, 9.17) is 11.6 Å². The smallest absolute Gasteiger partial charge is 0.191 e. The first-order valence-electron chi connectivity index (χ1n) is 8.58. The number of thioether (sulfide) groups is 1. The molecule has 6 nitrogen and oxygen atoms in total. The first kappa shape index (κ1) is 18.8. The van der Waals surface area contributed by atoms with E-state index in [0.29, 0.717) is 10.9 Å². The second-order valence-corrected chi connectivity index (χ2v) is 7.26. The van der Waals surface area contributed by atoms with E-state index in [1.807, 2.05) is 23.2 Å². The number of hydrogen-bond donors (Lipinski definition) is 0. The molecule has 0 aliphatic carbocycles. The van der Waals surface area contributed by atoms with E-state index in [1.165, 1.54) is 5.69 Å². The molecule has 1 aromatic carbocycles. The fraction of sp³-hybridized carbons (Fsp3) is 0.389. The average molecular weight is 391 g/mol. The lowest BCUT2D eigenvalue weighted by Crippen LogP contribution is -2.21. The van der Waals surface area contributed by atoms with Crippen molar-refractivity contribution in [3.63, 3.8) is 0 Å². The monoisotopic (exact) mass is 390 g/mol. The summed E-state index contributed by atoms with van der Waals surface area (Å²) in [6.45, 7) is 6.33. The summed E-state index contributed by atoms with van der Waals surface area (Å²) in [4.78, 5) is 6.63. The van der Waals surface area contributed by atoms with Crippen LogP contribution in [0.1, 0.15) is 19.7 Å². The zero-order valence-electron chi connectivity index (χ0n) is 15.5. The van der Waals surface area contributed by atoms with E-state index >= 15 is 0 Å². The van der Waals surface area contributed by atoms with Crippen molar-refractivity contribution < 1.29 is 0 Å². The van der Waals surface area contributed by atoms with Crippen LogP contribution >= 0.6 is 23.4 Å². The van der Waals surface area contributed by atoms with Crippen molar-refractivity contribution in [3.8, 4) is 11.4 Å². The first-order chi connectivity index (χ1) is 12.5. The molecule has 0 aliphatic rings. The van der Waals surface area contributed by atoms with Gasteiger partial charge in [-0.1, -0.05) is 23.4 Å². The molecule has 0 saturated heterocycles. The highest BCUT2D eigenvalue weighted by molar-refractivity contribution is 7.98. The summed E-state index contributed by atoms with van der Waals surface area (Å²) in [6.07, 6.45) is 1.66. The van der Waals surface area contributed by atoms with E-state index in [1.54, 1.807) is 18.0 Å². The maximum absolute atomic E-state index is 6.04. The molecule has 3 rings (SSSR count). The Balaban J connectivity index is 1.75. The first-order valence-corrected chi connectivity index (χ1v) is 9.95. The van der Waals surface area contributed by atoms with E-state index in [9.17, 15) is 0 Å². The third-order valence-corrected chi connectivity index (χ3v) is 5.81. The quantitative estimate of drug-likeness (QED) is 0.570. The minimum Gasteiger partial charge on any atom is -0.372 e. The Kier molecular flexibility index (Phi) is 5.88. The van der Waals surface area contributed by atoms with Gasteiger partial charge in [-0.15, -0.1) is 10.2 Å². The molecule has 138 valence electrons. The molecule has 0 unspecified atom stereocenters. The fourth-order valence-electron chi connectivity index (χ4n) is 2.79. The van der Waals surface area contributed by atoms with Crippen molar-refractivity contribution in [1.29, 1.82) is 0 Å². The zero-order valence-corrected chi connectivity index (χ0v) is 17.0. The van der Waals surface area contributed by atoms with Crippen LogP contribution in [0.4, 0.5) is 5.69 Å². The Labute approximate surface area is 163 Å². The normalized spacial score (nSPS) is 11.1. The van der Waals surface area contributed by atoms with E-state index in [-0.39, 0.29) is 0 Å². The van der Waals surface area contributed by atoms with Gasteiger partial charge in [-0.3, -0.25) is 0 Å². The average Bonchev–Trinajstić information content (AvgIpc) is 3.18. The molecule has 0 saturated carbocycles. The van der Waals surface area contributed by atoms with Gasteiger partial charge in [-0.2, -0.15) is 0 Å². The molecule has 0 N–H and O–H groups in total. The minimum absolute atomic E-state index is 0.632. The van der Waals surface area contributed by atoms with Crippen LogP contribution in [0.25, 0.3) is 11.4 Å². The summed E-state index contributed by atoms with van der Waals surface area (Å²) in [5.41, 5.74) is 2.28. The van der Waals surface area contributed by atoms with Crippen LogP contribution in [0.3, 0.4) is 0 Å². The third-order valence-electron chi connectivity index (χ3n) is 4.45. The lowest BCUT2D eigenvalue weighted by molar-refractivity contribution is 0.789. The highest BCUT2D eigenvalue weighted by Gasteiger charge is 2.13. The van der Waals surface area contributed by atoms with Gasteiger partial charge >= 0.3 is 0 Å². The highest BCUT2D eigenvalue weighted by atomic mass is 35.5. The second kappa shape index (κ2) is 8.14. The number of imidazole rings is 1. The molecule has 8 heteroatoms. The summed E-state index contributed by atoms with van der Waals surface area (Å²) >= 11 is 7.63. The van der Waals surface area contributed by atoms with Gasteiger partial charge in [0.15, 0.2) is 11.0 Å². The van der Waals surface area contributed by atoms with Crippen molar-refractivity contribution in [2.75, 3.05) is 18.0 Å². The number of aromatic nitrogens is 5. The molecule has 3 aromatic rings. The van der Waals surface area contributed by atoms with Crippen LogP contribution < -0.4 is 4.90 Å². The number of benzene rings is 1.